The highest BCUT2D eigenvalue weighted by Gasteiger charge is 2.41. The number of carbonyl (C=O) groups is 1. The average Bonchev–Trinajstić information content (AvgIpc) is 3.11. The molecule has 0 saturated carbocycles. The maximum Gasteiger partial charge on any atom is 0.417 e. The molecule has 0 unspecified atom stereocenters. The fourth-order valence-corrected chi connectivity index (χ4v) is 4.38. The predicted octanol–water partition coefficient (Wildman–Crippen LogP) is 4.86. The topological polar surface area (TPSA) is 47.6 Å². The van der Waals surface area contributed by atoms with Gasteiger partial charge in [0.1, 0.15) is 5.82 Å². The lowest BCUT2D eigenvalue weighted by Crippen LogP contribution is -2.50. The molecule has 10 heteroatoms. The Kier molecular flexibility index (Phi) is 5.35. The van der Waals surface area contributed by atoms with E-state index in [1.807, 2.05) is 6.92 Å². The van der Waals surface area contributed by atoms with Crippen LogP contribution in [-0.4, -0.2) is 22.9 Å². The van der Waals surface area contributed by atoms with E-state index in [0.29, 0.717) is 17.8 Å². The van der Waals surface area contributed by atoms with Crippen LogP contribution in [0.25, 0.3) is 0 Å². The Labute approximate surface area is 181 Å². The summed E-state index contributed by atoms with van der Waals surface area (Å²) in [6.07, 6.45) is -4.23. The van der Waals surface area contributed by atoms with E-state index >= 15 is 0 Å². The zero-order valence-corrected chi connectivity index (χ0v) is 17.4. The number of alkyl halides is 3. The summed E-state index contributed by atoms with van der Waals surface area (Å²) in [6.45, 7) is 3.61. The summed E-state index contributed by atoms with van der Waals surface area (Å²) in [4.78, 5) is 14.8. The normalized spacial score (nSPS) is 21.3. The Hall–Kier alpha value is -2.78. The molecule has 0 fully saturated rings. The van der Waals surface area contributed by atoms with Gasteiger partial charge < -0.3 is 10.3 Å². The first-order valence-corrected chi connectivity index (χ1v) is 9.96. The van der Waals surface area contributed by atoms with E-state index in [4.69, 9.17) is 11.6 Å². The molecule has 2 aliphatic heterocycles. The van der Waals surface area contributed by atoms with Crippen molar-refractivity contribution in [3.63, 3.8) is 0 Å². The van der Waals surface area contributed by atoms with E-state index in [1.165, 1.54) is 29.2 Å². The molecule has 0 saturated heterocycles. The van der Waals surface area contributed by atoms with Gasteiger partial charge in [-0.05, 0) is 50.2 Å². The van der Waals surface area contributed by atoms with Gasteiger partial charge in [0.15, 0.2) is 0 Å². The van der Waals surface area contributed by atoms with Gasteiger partial charge in [-0.3, -0.25) is 9.80 Å². The number of amides is 1. The lowest BCUT2D eigenvalue weighted by molar-refractivity contribution is -0.137. The molecular formula is C21H19ClF4N4O. The van der Waals surface area contributed by atoms with Crippen LogP contribution in [0.15, 0.2) is 53.9 Å². The number of nitrogens with one attached hydrogen (secondary N) is 2. The van der Waals surface area contributed by atoms with Gasteiger partial charge in [0.05, 0.1) is 39.3 Å². The minimum atomic E-state index is -4.66. The van der Waals surface area contributed by atoms with Crippen molar-refractivity contribution in [2.45, 2.75) is 38.5 Å². The summed E-state index contributed by atoms with van der Waals surface area (Å²) in [6, 6.07) is 8.47. The third-order valence-corrected chi connectivity index (χ3v) is 5.94. The average molecular weight is 455 g/mol. The number of rotatable bonds is 2. The maximum absolute atomic E-state index is 13.3. The molecule has 0 spiro atoms. The molecule has 2 heterocycles. The van der Waals surface area contributed by atoms with E-state index in [0.717, 1.165) is 11.8 Å². The molecule has 0 aromatic heterocycles. The van der Waals surface area contributed by atoms with E-state index in [2.05, 4.69) is 11.0 Å². The molecule has 164 valence electrons. The number of hydrogen-bond donors (Lipinski definition) is 2. The molecule has 0 radical (unpaired) electrons. The van der Waals surface area contributed by atoms with Crippen LogP contribution in [0.4, 0.5) is 23.2 Å². The van der Waals surface area contributed by atoms with Gasteiger partial charge in [-0.1, -0.05) is 17.7 Å². The summed E-state index contributed by atoms with van der Waals surface area (Å²) in [7, 11) is 0. The van der Waals surface area contributed by atoms with Crippen LogP contribution in [0.3, 0.4) is 0 Å². The Morgan fingerprint density at radius 1 is 1.13 bits per heavy atom. The number of hydrazine groups is 2. The Morgan fingerprint density at radius 3 is 2.45 bits per heavy atom. The lowest BCUT2D eigenvalue weighted by atomic mass is 9.96. The SMILES string of the molecule is C[C@H]1CC2=C(NNN2c2ccc(F)cc2)[C@H](C)N1C(=O)c1cccc(C(F)(F)F)c1Cl. The van der Waals surface area contributed by atoms with Gasteiger partial charge in [0.2, 0.25) is 0 Å². The maximum atomic E-state index is 13.3. The number of halogens is 5. The van der Waals surface area contributed by atoms with Gasteiger partial charge in [-0.2, -0.15) is 13.2 Å². The van der Waals surface area contributed by atoms with Crippen LogP contribution in [-0.2, 0) is 6.18 Å². The first-order valence-electron chi connectivity index (χ1n) is 9.58. The predicted molar refractivity (Wildman–Crippen MR) is 108 cm³/mol. The molecule has 2 atom stereocenters. The van der Waals surface area contributed by atoms with Gasteiger partial charge >= 0.3 is 6.18 Å². The fraction of sp³-hybridized carbons (Fsp3) is 0.286. The number of benzene rings is 2. The molecule has 0 bridgehead atoms. The first-order chi connectivity index (χ1) is 14.6. The number of nitrogens with zero attached hydrogens (tertiary/aromatic N) is 2. The van der Waals surface area contributed by atoms with E-state index < -0.39 is 28.7 Å². The van der Waals surface area contributed by atoms with Crippen LogP contribution in [0.5, 0.6) is 0 Å². The summed E-state index contributed by atoms with van der Waals surface area (Å²) < 4.78 is 53.0. The second kappa shape index (κ2) is 7.72. The van der Waals surface area contributed by atoms with Crippen LogP contribution in [0, 0.1) is 5.82 Å². The van der Waals surface area contributed by atoms with Crippen LogP contribution < -0.4 is 16.0 Å². The van der Waals surface area contributed by atoms with Crippen molar-refractivity contribution in [1.29, 1.82) is 0 Å². The van der Waals surface area contributed by atoms with E-state index in [1.54, 1.807) is 24.1 Å². The van der Waals surface area contributed by atoms with Gasteiger partial charge in [-0.15, -0.1) is 5.53 Å². The molecule has 4 rings (SSSR count). The molecular weight excluding hydrogens is 436 g/mol. The molecule has 2 aromatic carbocycles. The molecule has 31 heavy (non-hydrogen) atoms. The highest BCUT2D eigenvalue weighted by molar-refractivity contribution is 6.34. The smallest absolute Gasteiger partial charge is 0.327 e. The number of anilines is 1. The van der Waals surface area contributed by atoms with Gasteiger partial charge in [0, 0.05) is 12.5 Å². The minimum Gasteiger partial charge on any atom is -0.327 e. The second-order valence-electron chi connectivity index (χ2n) is 7.52. The minimum absolute atomic E-state index is 0.194. The number of carbonyl (C=O) groups excluding carboxylic acids is 1. The van der Waals surface area contributed by atoms with Crippen molar-refractivity contribution in [3.05, 3.63) is 75.8 Å². The van der Waals surface area contributed by atoms with Crippen molar-refractivity contribution in [3.8, 4) is 0 Å². The summed E-state index contributed by atoms with van der Waals surface area (Å²) >= 11 is 5.98. The van der Waals surface area contributed by atoms with Crippen molar-refractivity contribution < 1.29 is 22.4 Å². The number of hydrogen-bond acceptors (Lipinski definition) is 4. The largest absolute Gasteiger partial charge is 0.417 e. The quantitative estimate of drug-likeness (QED) is 0.636. The summed E-state index contributed by atoms with van der Waals surface area (Å²) in [5.41, 5.74) is 7.08. The molecule has 2 N–H and O–H groups in total. The lowest BCUT2D eigenvalue weighted by Gasteiger charge is -2.40. The fourth-order valence-electron chi connectivity index (χ4n) is 4.06. The monoisotopic (exact) mass is 454 g/mol. The molecule has 2 aromatic rings. The zero-order valence-electron chi connectivity index (χ0n) is 16.6. The van der Waals surface area contributed by atoms with Gasteiger partial charge in [0.25, 0.3) is 5.91 Å². The van der Waals surface area contributed by atoms with Crippen molar-refractivity contribution in [2.75, 3.05) is 5.01 Å². The van der Waals surface area contributed by atoms with Crippen LogP contribution in [0.2, 0.25) is 5.02 Å². The standard InChI is InChI=1S/C21H19ClF4N4O/c1-11-10-17-19(27-28-30(17)14-8-6-13(23)7-9-14)12(2)29(11)20(31)15-4-3-5-16(18(15)22)21(24,25)26/h3-9,11-12,27-28H,10H2,1-2H3/t11-,12-/m0/s1. The highest BCUT2D eigenvalue weighted by Crippen LogP contribution is 2.39. The Balaban J connectivity index is 1.66. The van der Waals surface area contributed by atoms with Crippen molar-refractivity contribution in [2.24, 2.45) is 0 Å². The molecule has 0 aliphatic carbocycles. The van der Waals surface area contributed by atoms with Crippen LogP contribution >= 0.6 is 11.6 Å². The Bertz CT molecular complexity index is 1050. The molecule has 1 amide bonds. The third-order valence-electron chi connectivity index (χ3n) is 5.54. The zero-order chi connectivity index (χ0) is 22.5. The second-order valence-corrected chi connectivity index (χ2v) is 7.89. The summed E-state index contributed by atoms with van der Waals surface area (Å²) in [5, 5.41) is 1.16. The summed E-state index contributed by atoms with van der Waals surface area (Å²) in [5.74, 6) is -0.935. The van der Waals surface area contributed by atoms with Crippen molar-refractivity contribution >= 4 is 23.2 Å². The van der Waals surface area contributed by atoms with Gasteiger partial charge in [-0.25, -0.2) is 4.39 Å². The van der Waals surface area contributed by atoms with E-state index in [-0.39, 0.29) is 17.4 Å². The molecule has 5 nitrogen and oxygen atoms in total. The molecule has 2 aliphatic rings. The first kappa shape index (κ1) is 21.5. The van der Waals surface area contributed by atoms with E-state index in [9.17, 15) is 22.4 Å². The van der Waals surface area contributed by atoms with Crippen molar-refractivity contribution in [1.82, 2.24) is 15.9 Å². The highest BCUT2D eigenvalue weighted by atomic mass is 35.5. The third kappa shape index (κ3) is 3.72. The Morgan fingerprint density at radius 2 is 1.81 bits per heavy atom. The van der Waals surface area contributed by atoms with Crippen LogP contribution in [0.1, 0.15) is 36.2 Å².